The lowest BCUT2D eigenvalue weighted by atomic mass is 9.89. The second-order valence-corrected chi connectivity index (χ2v) is 8.45. The van der Waals surface area contributed by atoms with Gasteiger partial charge in [-0.3, -0.25) is 0 Å². The number of carbonyl (C=O) groups is 1. The van der Waals surface area contributed by atoms with E-state index >= 15 is 0 Å². The molecule has 1 atom stereocenters. The molecular formula is C23H26N2O2S. The van der Waals surface area contributed by atoms with Gasteiger partial charge in [-0.05, 0) is 72.9 Å². The number of benzene rings is 1. The van der Waals surface area contributed by atoms with Crippen LogP contribution in [-0.2, 0) is 25.9 Å². The number of amides is 2. The molecule has 1 unspecified atom stereocenters. The molecule has 0 saturated heterocycles. The summed E-state index contributed by atoms with van der Waals surface area (Å²) in [5.74, 6) is 0.785. The van der Waals surface area contributed by atoms with Crippen molar-refractivity contribution in [1.29, 1.82) is 0 Å². The third-order valence-electron chi connectivity index (χ3n) is 5.35. The number of furan rings is 1. The molecule has 4 nitrogen and oxygen atoms in total. The molecule has 0 fully saturated rings. The first-order chi connectivity index (χ1) is 13.7. The van der Waals surface area contributed by atoms with Crippen LogP contribution in [0, 0.1) is 0 Å². The lowest BCUT2D eigenvalue weighted by Gasteiger charge is -2.25. The van der Waals surface area contributed by atoms with Crippen LogP contribution in [0.5, 0.6) is 0 Å². The summed E-state index contributed by atoms with van der Waals surface area (Å²) in [6.07, 6.45) is 6.51. The summed E-state index contributed by atoms with van der Waals surface area (Å²) in [6, 6.07) is 14.4. The Hall–Kier alpha value is -2.53. The Morgan fingerprint density at radius 2 is 2.00 bits per heavy atom. The lowest BCUT2D eigenvalue weighted by molar-refractivity contribution is 0.184. The Morgan fingerprint density at radius 3 is 2.75 bits per heavy atom. The molecule has 0 bridgehead atoms. The lowest BCUT2D eigenvalue weighted by Crippen LogP contribution is -2.40. The fourth-order valence-corrected chi connectivity index (χ4v) is 4.48. The number of aryl methyl sites for hydroxylation is 2. The molecule has 1 aromatic carbocycles. The molecule has 5 heteroatoms. The maximum absolute atomic E-state index is 13.0. The molecule has 4 rings (SSSR count). The summed E-state index contributed by atoms with van der Waals surface area (Å²) in [5, 5.41) is 5.21. The van der Waals surface area contributed by atoms with Gasteiger partial charge in [0.25, 0.3) is 0 Å². The van der Waals surface area contributed by atoms with Crippen LogP contribution in [0.4, 0.5) is 4.79 Å². The van der Waals surface area contributed by atoms with E-state index in [0.29, 0.717) is 13.1 Å². The van der Waals surface area contributed by atoms with E-state index in [1.165, 1.54) is 36.0 Å². The maximum atomic E-state index is 13.0. The van der Waals surface area contributed by atoms with Crippen molar-refractivity contribution in [3.63, 3.8) is 0 Å². The molecule has 1 aliphatic carbocycles. The molecule has 3 aromatic rings. The molecule has 1 N–H and O–H groups in total. The number of urea groups is 1. The molecule has 0 radical (unpaired) electrons. The van der Waals surface area contributed by atoms with Gasteiger partial charge in [-0.2, -0.15) is 0 Å². The Labute approximate surface area is 170 Å². The number of nitrogens with one attached hydrogen (secondary N) is 1. The minimum atomic E-state index is -0.0741. The van der Waals surface area contributed by atoms with Gasteiger partial charge in [0.2, 0.25) is 0 Å². The largest absolute Gasteiger partial charge is 0.467 e. The fraction of sp³-hybridized carbons (Fsp3) is 0.348. The summed E-state index contributed by atoms with van der Waals surface area (Å²) >= 11 is 1.66. The molecular weight excluding hydrogens is 368 g/mol. The van der Waals surface area contributed by atoms with Gasteiger partial charge in [0.1, 0.15) is 5.76 Å². The predicted octanol–water partition coefficient (Wildman–Crippen LogP) is 5.69. The first kappa shape index (κ1) is 18.8. The van der Waals surface area contributed by atoms with Crippen molar-refractivity contribution in [3.05, 3.63) is 81.4 Å². The smallest absolute Gasteiger partial charge is 0.318 e. The second-order valence-electron chi connectivity index (χ2n) is 7.42. The normalized spacial score (nSPS) is 14.3. The molecule has 1 aliphatic rings. The van der Waals surface area contributed by atoms with Crippen LogP contribution >= 0.6 is 11.3 Å². The van der Waals surface area contributed by atoms with Crippen LogP contribution in [0.15, 0.2) is 58.5 Å². The number of fused-ring (bicyclic) bond motifs is 1. The Bertz CT molecular complexity index is 867. The number of hydrogen-bond donors (Lipinski definition) is 1. The van der Waals surface area contributed by atoms with Gasteiger partial charge in [0.05, 0.1) is 25.4 Å². The van der Waals surface area contributed by atoms with Gasteiger partial charge in [-0.25, -0.2) is 4.79 Å². The number of thiophene rings is 1. The van der Waals surface area contributed by atoms with Crippen molar-refractivity contribution in [2.45, 2.75) is 51.7 Å². The predicted molar refractivity (Wildman–Crippen MR) is 112 cm³/mol. The first-order valence-electron chi connectivity index (χ1n) is 9.91. The highest BCUT2D eigenvalue weighted by Gasteiger charge is 2.20. The number of nitrogens with zero attached hydrogens (tertiary/aromatic N) is 1. The van der Waals surface area contributed by atoms with Gasteiger partial charge in [-0.15, -0.1) is 11.3 Å². The van der Waals surface area contributed by atoms with Crippen molar-refractivity contribution in [2.24, 2.45) is 0 Å². The van der Waals surface area contributed by atoms with Gasteiger partial charge < -0.3 is 14.6 Å². The highest BCUT2D eigenvalue weighted by molar-refractivity contribution is 7.09. The summed E-state index contributed by atoms with van der Waals surface area (Å²) in [7, 11) is 0. The van der Waals surface area contributed by atoms with Crippen LogP contribution < -0.4 is 5.32 Å². The van der Waals surface area contributed by atoms with Crippen LogP contribution in [0.25, 0.3) is 0 Å². The number of carbonyl (C=O) groups excluding carboxylic acids is 1. The quantitative estimate of drug-likeness (QED) is 0.583. The molecule has 0 saturated carbocycles. The third-order valence-corrected chi connectivity index (χ3v) is 6.21. The summed E-state index contributed by atoms with van der Waals surface area (Å²) in [6.45, 7) is 3.08. The van der Waals surface area contributed by atoms with E-state index < -0.39 is 0 Å². The van der Waals surface area contributed by atoms with E-state index in [-0.39, 0.29) is 12.1 Å². The molecule has 2 aromatic heterocycles. The topological polar surface area (TPSA) is 45.5 Å². The standard InChI is InChI=1S/C23H26N2O2S/c1-17(19-11-10-18-6-2-3-7-20(18)14-19)24-23(26)25(15-21-8-4-12-27-21)16-22-9-5-13-28-22/h4-5,8-14,17H,2-3,6-7,15-16H2,1H3,(H,24,26). The first-order valence-corrected chi connectivity index (χ1v) is 10.8. The van der Waals surface area contributed by atoms with Crippen molar-refractivity contribution in [1.82, 2.24) is 10.2 Å². The number of hydrogen-bond acceptors (Lipinski definition) is 3. The maximum Gasteiger partial charge on any atom is 0.318 e. The zero-order valence-corrected chi connectivity index (χ0v) is 17.0. The van der Waals surface area contributed by atoms with E-state index in [2.05, 4.69) is 36.5 Å². The van der Waals surface area contributed by atoms with Gasteiger partial charge in [-0.1, -0.05) is 24.3 Å². The Kier molecular flexibility index (Phi) is 5.81. The van der Waals surface area contributed by atoms with Crippen molar-refractivity contribution >= 4 is 17.4 Å². The zero-order chi connectivity index (χ0) is 19.3. The highest BCUT2D eigenvalue weighted by atomic mass is 32.1. The van der Waals surface area contributed by atoms with Crippen LogP contribution in [-0.4, -0.2) is 10.9 Å². The van der Waals surface area contributed by atoms with Gasteiger partial charge >= 0.3 is 6.03 Å². The van der Waals surface area contributed by atoms with Gasteiger partial charge in [0.15, 0.2) is 0 Å². The highest BCUT2D eigenvalue weighted by Crippen LogP contribution is 2.25. The van der Waals surface area contributed by atoms with Crippen LogP contribution in [0.1, 0.15) is 53.1 Å². The number of rotatable bonds is 6. The Morgan fingerprint density at radius 1 is 1.14 bits per heavy atom. The van der Waals surface area contributed by atoms with E-state index in [9.17, 15) is 4.79 Å². The van der Waals surface area contributed by atoms with E-state index in [4.69, 9.17) is 4.42 Å². The average molecular weight is 395 g/mol. The minimum Gasteiger partial charge on any atom is -0.467 e. The van der Waals surface area contributed by atoms with E-state index in [1.54, 1.807) is 22.5 Å². The van der Waals surface area contributed by atoms with Gasteiger partial charge in [0, 0.05) is 4.88 Å². The van der Waals surface area contributed by atoms with Crippen molar-refractivity contribution in [3.8, 4) is 0 Å². The molecule has 146 valence electrons. The van der Waals surface area contributed by atoms with Crippen molar-refractivity contribution in [2.75, 3.05) is 0 Å². The fourth-order valence-electron chi connectivity index (χ4n) is 3.76. The van der Waals surface area contributed by atoms with E-state index in [1.807, 2.05) is 23.6 Å². The summed E-state index contributed by atoms with van der Waals surface area (Å²) in [5.41, 5.74) is 4.07. The third kappa shape index (κ3) is 4.47. The molecule has 28 heavy (non-hydrogen) atoms. The molecule has 0 aliphatic heterocycles. The molecule has 2 amide bonds. The SMILES string of the molecule is CC(NC(=O)N(Cc1ccco1)Cc1cccs1)c1ccc2c(c1)CCCC2. The summed E-state index contributed by atoms with van der Waals surface area (Å²) < 4.78 is 5.47. The van der Waals surface area contributed by atoms with Crippen LogP contribution in [0.2, 0.25) is 0 Å². The second kappa shape index (κ2) is 8.65. The van der Waals surface area contributed by atoms with E-state index in [0.717, 1.165) is 17.1 Å². The summed E-state index contributed by atoms with van der Waals surface area (Å²) in [4.78, 5) is 16.0. The zero-order valence-electron chi connectivity index (χ0n) is 16.2. The monoisotopic (exact) mass is 394 g/mol. The Balaban J connectivity index is 1.46. The minimum absolute atomic E-state index is 0.0397. The molecule has 2 heterocycles. The average Bonchev–Trinajstić information content (AvgIpc) is 3.41. The molecule has 0 spiro atoms. The van der Waals surface area contributed by atoms with Crippen LogP contribution in [0.3, 0.4) is 0 Å². The van der Waals surface area contributed by atoms with Crippen molar-refractivity contribution < 1.29 is 9.21 Å².